The molecular weight excluding hydrogens is 294 g/mol. The smallest absolute Gasteiger partial charge is 0.337 e. The van der Waals surface area contributed by atoms with Crippen LogP contribution in [0.15, 0.2) is 24.3 Å². The lowest BCUT2D eigenvalue weighted by Gasteiger charge is -2.33. The van der Waals surface area contributed by atoms with Gasteiger partial charge in [-0.1, -0.05) is 25.0 Å². The predicted molar refractivity (Wildman–Crippen MR) is 85.1 cm³/mol. The molecule has 5 heteroatoms. The van der Waals surface area contributed by atoms with Crippen molar-refractivity contribution in [1.82, 2.24) is 4.90 Å². The molecule has 1 aromatic carbocycles. The van der Waals surface area contributed by atoms with Crippen LogP contribution in [-0.2, 0) is 16.1 Å². The van der Waals surface area contributed by atoms with Crippen molar-refractivity contribution in [3.05, 3.63) is 35.4 Å². The Morgan fingerprint density at radius 2 is 1.91 bits per heavy atom. The van der Waals surface area contributed by atoms with E-state index < -0.39 is 5.97 Å². The number of esters is 1. The van der Waals surface area contributed by atoms with Crippen LogP contribution in [0.25, 0.3) is 0 Å². The van der Waals surface area contributed by atoms with E-state index in [0.717, 1.165) is 24.8 Å². The summed E-state index contributed by atoms with van der Waals surface area (Å²) in [5.74, 6) is -0.557. The number of nitrogens with zero attached hydrogens (tertiary/aromatic N) is 1. The van der Waals surface area contributed by atoms with Crippen molar-refractivity contribution in [3.8, 4) is 0 Å². The highest BCUT2D eigenvalue weighted by Gasteiger charge is 2.44. The van der Waals surface area contributed by atoms with Crippen LogP contribution in [-0.4, -0.2) is 41.1 Å². The first-order valence-electron chi connectivity index (χ1n) is 8.26. The van der Waals surface area contributed by atoms with Crippen molar-refractivity contribution in [2.24, 2.45) is 5.92 Å². The fourth-order valence-electron chi connectivity index (χ4n) is 4.10. The molecule has 23 heavy (non-hydrogen) atoms. The predicted octanol–water partition coefficient (Wildman–Crippen LogP) is 2.69. The number of carbonyl (C=O) groups excluding carboxylic acids is 1. The largest absolute Gasteiger partial charge is 0.480 e. The van der Waals surface area contributed by atoms with E-state index >= 15 is 0 Å². The number of fused-ring (bicyclic) bond motifs is 1. The van der Waals surface area contributed by atoms with Crippen LogP contribution in [0.1, 0.15) is 48.0 Å². The third kappa shape index (κ3) is 3.24. The number of ether oxygens (including phenoxy) is 1. The number of methoxy groups -OCH3 is 1. The van der Waals surface area contributed by atoms with Crippen molar-refractivity contribution in [2.45, 2.75) is 50.7 Å². The Kier molecular flexibility index (Phi) is 4.66. The molecule has 1 heterocycles. The molecule has 0 amide bonds. The van der Waals surface area contributed by atoms with Gasteiger partial charge in [-0.05, 0) is 42.9 Å². The summed E-state index contributed by atoms with van der Waals surface area (Å²) in [6.07, 6.45) is 5.40. The Morgan fingerprint density at radius 1 is 1.22 bits per heavy atom. The molecule has 0 radical (unpaired) electrons. The van der Waals surface area contributed by atoms with E-state index in [1.54, 1.807) is 12.1 Å². The molecule has 2 aliphatic rings. The summed E-state index contributed by atoms with van der Waals surface area (Å²) < 4.78 is 4.70. The first-order chi connectivity index (χ1) is 11.1. The summed E-state index contributed by atoms with van der Waals surface area (Å²) in [6, 6.07) is 7.26. The number of carbonyl (C=O) groups is 2. The van der Waals surface area contributed by atoms with E-state index in [2.05, 4.69) is 4.90 Å². The molecule has 3 rings (SSSR count). The molecule has 3 atom stereocenters. The second kappa shape index (κ2) is 6.71. The van der Waals surface area contributed by atoms with Gasteiger partial charge < -0.3 is 9.84 Å². The van der Waals surface area contributed by atoms with Gasteiger partial charge in [0.15, 0.2) is 0 Å². The fourth-order valence-corrected chi connectivity index (χ4v) is 4.10. The molecule has 1 saturated heterocycles. The summed E-state index contributed by atoms with van der Waals surface area (Å²) in [5, 5.41) is 9.55. The molecule has 1 saturated carbocycles. The quantitative estimate of drug-likeness (QED) is 0.865. The Bertz CT molecular complexity index is 583. The average Bonchev–Trinajstić information content (AvgIpc) is 2.94. The van der Waals surface area contributed by atoms with Crippen LogP contribution in [0, 0.1) is 5.92 Å². The lowest BCUT2D eigenvalue weighted by Crippen LogP contribution is -2.41. The zero-order valence-electron chi connectivity index (χ0n) is 13.4. The second-order valence-electron chi connectivity index (χ2n) is 6.56. The zero-order chi connectivity index (χ0) is 16.4. The molecular formula is C18H23NO4. The van der Waals surface area contributed by atoms with Crippen molar-refractivity contribution in [2.75, 3.05) is 7.11 Å². The van der Waals surface area contributed by atoms with E-state index in [4.69, 9.17) is 4.74 Å². The third-order valence-electron chi connectivity index (χ3n) is 5.25. The van der Waals surface area contributed by atoms with Crippen LogP contribution in [0.5, 0.6) is 0 Å². The van der Waals surface area contributed by atoms with Crippen LogP contribution in [0.4, 0.5) is 0 Å². The zero-order valence-corrected chi connectivity index (χ0v) is 13.4. The van der Waals surface area contributed by atoms with Crippen molar-refractivity contribution in [3.63, 3.8) is 0 Å². The van der Waals surface area contributed by atoms with Gasteiger partial charge in [-0.15, -0.1) is 0 Å². The van der Waals surface area contributed by atoms with Crippen LogP contribution in [0.3, 0.4) is 0 Å². The highest BCUT2D eigenvalue weighted by atomic mass is 16.5. The standard InChI is InChI=1S/C18H23NO4/c1-23-18(22)13-8-6-12(7-9-13)11-19-15-5-3-2-4-14(15)10-16(19)17(20)21/h6-9,14-16H,2-5,10-11H2,1H3,(H,20,21). The Balaban J connectivity index is 1.76. The van der Waals surface area contributed by atoms with Crippen molar-refractivity contribution >= 4 is 11.9 Å². The number of carboxylic acids is 1. The lowest BCUT2D eigenvalue weighted by molar-refractivity contribution is -0.142. The van der Waals surface area contributed by atoms with E-state index in [0.29, 0.717) is 24.1 Å². The molecule has 2 fully saturated rings. The van der Waals surface area contributed by atoms with E-state index in [9.17, 15) is 14.7 Å². The lowest BCUT2D eigenvalue weighted by atomic mass is 9.84. The SMILES string of the molecule is COC(=O)c1ccc(CN2C(C(=O)O)CC3CCCCC32)cc1. The summed E-state index contributed by atoms with van der Waals surface area (Å²) >= 11 is 0. The van der Waals surface area contributed by atoms with E-state index in [-0.39, 0.29) is 12.0 Å². The van der Waals surface area contributed by atoms with Crippen molar-refractivity contribution < 1.29 is 19.4 Å². The van der Waals surface area contributed by atoms with E-state index in [1.165, 1.54) is 20.0 Å². The molecule has 1 N–H and O–H groups in total. The second-order valence-corrected chi connectivity index (χ2v) is 6.56. The normalized spacial score (nSPS) is 27.4. The fraction of sp³-hybridized carbons (Fsp3) is 0.556. The number of likely N-dealkylation sites (tertiary alicyclic amines) is 1. The number of hydrogen-bond donors (Lipinski definition) is 1. The van der Waals surface area contributed by atoms with Gasteiger partial charge in [-0.2, -0.15) is 0 Å². The first kappa shape index (κ1) is 16.0. The van der Waals surface area contributed by atoms with Gasteiger partial charge >= 0.3 is 11.9 Å². The van der Waals surface area contributed by atoms with Gasteiger partial charge in [0.2, 0.25) is 0 Å². The summed E-state index contributed by atoms with van der Waals surface area (Å²) in [7, 11) is 1.36. The Hall–Kier alpha value is -1.88. The van der Waals surface area contributed by atoms with Gasteiger partial charge in [0.25, 0.3) is 0 Å². The summed E-state index contributed by atoms with van der Waals surface area (Å²) in [4.78, 5) is 25.3. The highest BCUT2D eigenvalue weighted by Crippen LogP contribution is 2.40. The van der Waals surface area contributed by atoms with Gasteiger partial charge in [0, 0.05) is 12.6 Å². The number of hydrogen-bond acceptors (Lipinski definition) is 4. The van der Waals surface area contributed by atoms with Gasteiger partial charge in [0.05, 0.1) is 12.7 Å². The molecule has 5 nitrogen and oxygen atoms in total. The molecule has 0 bridgehead atoms. The minimum Gasteiger partial charge on any atom is -0.480 e. The van der Waals surface area contributed by atoms with Gasteiger partial charge in [-0.25, -0.2) is 4.79 Å². The Morgan fingerprint density at radius 3 is 2.57 bits per heavy atom. The maximum Gasteiger partial charge on any atom is 0.337 e. The third-order valence-corrected chi connectivity index (χ3v) is 5.25. The maximum absolute atomic E-state index is 11.6. The Labute approximate surface area is 136 Å². The minimum absolute atomic E-state index is 0.353. The highest BCUT2D eigenvalue weighted by molar-refractivity contribution is 5.89. The molecule has 124 valence electrons. The van der Waals surface area contributed by atoms with Crippen LogP contribution >= 0.6 is 0 Å². The molecule has 3 unspecified atom stereocenters. The molecule has 1 aromatic rings. The van der Waals surface area contributed by atoms with Crippen LogP contribution < -0.4 is 0 Å². The average molecular weight is 317 g/mol. The molecule has 1 aliphatic carbocycles. The summed E-state index contributed by atoms with van der Waals surface area (Å²) in [6.45, 7) is 0.625. The van der Waals surface area contributed by atoms with Crippen LogP contribution in [0.2, 0.25) is 0 Å². The van der Waals surface area contributed by atoms with E-state index in [1.807, 2.05) is 12.1 Å². The number of benzene rings is 1. The number of rotatable bonds is 4. The molecule has 0 aromatic heterocycles. The number of aliphatic carboxylic acids is 1. The molecule has 1 aliphatic heterocycles. The monoisotopic (exact) mass is 317 g/mol. The summed E-state index contributed by atoms with van der Waals surface area (Å²) in [5.41, 5.74) is 1.55. The maximum atomic E-state index is 11.6. The van der Waals surface area contributed by atoms with Gasteiger partial charge in [0.1, 0.15) is 6.04 Å². The minimum atomic E-state index is -0.717. The first-order valence-corrected chi connectivity index (χ1v) is 8.26. The number of carboxylic acid groups (broad SMARTS) is 1. The topological polar surface area (TPSA) is 66.8 Å². The van der Waals surface area contributed by atoms with Crippen molar-refractivity contribution in [1.29, 1.82) is 0 Å². The van der Waals surface area contributed by atoms with Gasteiger partial charge in [-0.3, -0.25) is 9.69 Å². The molecule has 0 spiro atoms.